The molecule has 1 rings (SSSR count). The third-order valence-electron chi connectivity index (χ3n) is 1.47. The van der Waals surface area contributed by atoms with E-state index in [1.807, 2.05) is 6.92 Å². The third-order valence-corrected chi connectivity index (χ3v) is 1.47. The zero-order chi connectivity index (χ0) is 7.56. The summed E-state index contributed by atoms with van der Waals surface area (Å²) in [5, 5.41) is 3.81. The Balaban J connectivity index is 2.83. The highest BCUT2D eigenvalue weighted by Crippen LogP contribution is 2.12. The summed E-state index contributed by atoms with van der Waals surface area (Å²) in [6.07, 6.45) is 1.96. The van der Waals surface area contributed by atoms with Crippen LogP contribution in [-0.4, -0.2) is 5.16 Å². The van der Waals surface area contributed by atoms with Crippen LogP contribution in [0.2, 0.25) is 0 Å². The van der Waals surface area contributed by atoms with Gasteiger partial charge in [0.05, 0.1) is 5.69 Å². The molecule has 2 radical (unpaired) electrons. The lowest BCUT2D eigenvalue weighted by atomic mass is 10.1. The Labute approximate surface area is 61.2 Å². The molecule has 0 unspecified atom stereocenters. The summed E-state index contributed by atoms with van der Waals surface area (Å²) in [4.78, 5) is 0. The van der Waals surface area contributed by atoms with Crippen LogP contribution in [0, 0.1) is 13.8 Å². The molecule has 0 amide bonds. The van der Waals surface area contributed by atoms with Gasteiger partial charge in [0.25, 0.3) is 0 Å². The van der Waals surface area contributed by atoms with Crippen molar-refractivity contribution in [2.24, 2.45) is 0 Å². The van der Waals surface area contributed by atoms with E-state index in [9.17, 15) is 0 Å². The number of nitrogens with zero attached hydrogens (tertiary/aromatic N) is 1. The van der Waals surface area contributed by atoms with Crippen LogP contribution in [-0.2, 0) is 6.42 Å². The monoisotopic (exact) mass is 137 g/mol. The standard InChI is InChI=1S/C8H11NO/c1-4-5-8-6(2)7(3)10-9-8/h2H,4-5H2,1,3H3. The average molecular weight is 137 g/mol. The van der Waals surface area contributed by atoms with E-state index in [-0.39, 0.29) is 0 Å². The summed E-state index contributed by atoms with van der Waals surface area (Å²) in [5.74, 6) is 0.725. The van der Waals surface area contributed by atoms with Crippen LogP contribution < -0.4 is 0 Å². The third kappa shape index (κ3) is 1.20. The molecule has 0 aliphatic carbocycles. The molecule has 0 saturated heterocycles. The second-order valence-electron chi connectivity index (χ2n) is 2.35. The number of hydrogen-bond donors (Lipinski definition) is 0. The van der Waals surface area contributed by atoms with Gasteiger partial charge in [-0.3, -0.25) is 0 Å². The second kappa shape index (κ2) is 2.86. The summed E-state index contributed by atoms with van der Waals surface area (Å²) in [5.41, 5.74) is 1.60. The molecule has 0 aliphatic heterocycles. The predicted molar refractivity (Wildman–Crippen MR) is 38.6 cm³/mol. The highest BCUT2D eigenvalue weighted by atomic mass is 16.5. The van der Waals surface area contributed by atoms with Crippen molar-refractivity contribution in [1.82, 2.24) is 5.16 Å². The van der Waals surface area contributed by atoms with Gasteiger partial charge in [-0.05, 0) is 13.3 Å². The van der Waals surface area contributed by atoms with Crippen molar-refractivity contribution in [1.29, 1.82) is 0 Å². The Morgan fingerprint density at radius 2 is 2.30 bits per heavy atom. The molecule has 2 nitrogen and oxygen atoms in total. The summed E-state index contributed by atoms with van der Waals surface area (Å²) >= 11 is 0. The number of hydrogen-bond acceptors (Lipinski definition) is 2. The molecule has 0 fully saturated rings. The van der Waals surface area contributed by atoms with E-state index in [0.717, 1.165) is 24.3 Å². The van der Waals surface area contributed by atoms with Crippen LogP contribution in [0.5, 0.6) is 0 Å². The van der Waals surface area contributed by atoms with Crippen molar-refractivity contribution in [3.05, 3.63) is 23.9 Å². The van der Waals surface area contributed by atoms with Gasteiger partial charge in [0, 0.05) is 12.5 Å². The lowest BCUT2D eigenvalue weighted by Gasteiger charge is -1.89. The normalized spacial score (nSPS) is 10.3. The molecule has 54 valence electrons. The molecule has 0 saturated carbocycles. The lowest BCUT2D eigenvalue weighted by Crippen LogP contribution is -1.85. The first-order valence-electron chi connectivity index (χ1n) is 3.46. The van der Waals surface area contributed by atoms with E-state index in [4.69, 9.17) is 11.4 Å². The fraction of sp³-hybridized carbons (Fsp3) is 0.500. The smallest absolute Gasteiger partial charge is 0.137 e. The Hall–Kier alpha value is -0.790. The molecule has 1 aromatic rings. The fourth-order valence-electron chi connectivity index (χ4n) is 0.842. The largest absolute Gasteiger partial charge is 0.361 e. The molecule has 1 aromatic heterocycles. The average Bonchev–Trinajstić information content (AvgIpc) is 2.20. The van der Waals surface area contributed by atoms with Gasteiger partial charge in [0.15, 0.2) is 0 Å². The minimum absolute atomic E-state index is 0.710. The van der Waals surface area contributed by atoms with E-state index in [2.05, 4.69) is 12.1 Å². The van der Waals surface area contributed by atoms with Crippen LogP contribution in [0.4, 0.5) is 0 Å². The summed E-state index contributed by atoms with van der Waals surface area (Å²) in [7, 11) is 0. The van der Waals surface area contributed by atoms with Crippen LogP contribution >= 0.6 is 0 Å². The van der Waals surface area contributed by atoms with E-state index < -0.39 is 0 Å². The maximum absolute atomic E-state index is 5.63. The first-order chi connectivity index (χ1) is 4.75. The van der Waals surface area contributed by atoms with Gasteiger partial charge >= 0.3 is 0 Å². The van der Waals surface area contributed by atoms with Crippen LogP contribution in [0.1, 0.15) is 30.4 Å². The summed E-state index contributed by atoms with van der Waals surface area (Å²) in [6.45, 7) is 9.54. The second-order valence-corrected chi connectivity index (χ2v) is 2.35. The molecule has 10 heavy (non-hydrogen) atoms. The van der Waals surface area contributed by atoms with E-state index in [1.54, 1.807) is 0 Å². The Kier molecular flexibility index (Phi) is 2.10. The molecule has 0 bridgehead atoms. The highest BCUT2D eigenvalue weighted by molar-refractivity contribution is 5.24. The molecular formula is C8H11NO. The molecule has 0 spiro atoms. The Morgan fingerprint density at radius 1 is 1.60 bits per heavy atom. The molecule has 1 heterocycles. The molecule has 0 aromatic carbocycles. The molecular weight excluding hydrogens is 126 g/mol. The van der Waals surface area contributed by atoms with Gasteiger partial charge in [-0.15, -0.1) is 0 Å². The quantitative estimate of drug-likeness (QED) is 0.623. The molecule has 2 heteroatoms. The number of aryl methyl sites for hydroxylation is 2. The minimum Gasteiger partial charge on any atom is -0.361 e. The first-order valence-corrected chi connectivity index (χ1v) is 3.46. The zero-order valence-corrected chi connectivity index (χ0v) is 6.35. The van der Waals surface area contributed by atoms with Gasteiger partial charge in [0.1, 0.15) is 5.76 Å². The number of aromatic nitrogens is 1. The first kappa shape index (κ1) is 7.32. The van der Waals surface area contributed by atoms with Crippen molar-refractivity contribution in [2.75, 3.05) is 0 Å². The molecule has 0 N–H and O–H groups in total. The van der Waals surface area contributed by atoms with Crippen molar-refractivity contribution >= 4 is 0 Å². The zero-order valence-electron chi connectivity index (χ0n) is 6.35. The minimum atomic E-state index is 0.710. The topological polar surface area (TPSA) is 26.0 Å². The van der Waals surface area contributed by atoms with Gasteiger partial charge < -0.3 is 4.52 Å². The number of rotatable bonds is 2. The van der Waals surface area contributed by atoms with Crippen molar-refractivity contribution in [3.8, 4) is 0 Å². The maximum atomic E-state index is 5.63. The predicted octanol–water partition coefficient (Wildman–Crippen LogP) is 1.99. The summed E-state index contributed by atoms with van der Waals surface area (Å²) < 4.78 is 4.87. The van der Waals surface area contributed by atoms with Crippen LogP contribution in [0.25, 0.3) is 0 Å². The van der Waals surface area contributed by atoms with Gasteiger partial charge in [-0.25, -0.2) is 0 Å². The maximum Gasteiger partial charge on any atom is 0.137 e. The molecule has 0 atom stereocenters. The van der Waals surface area contributed by atoms with Crippen molar-refractivity contribution in [3.63, 3.8) is 0 Å². The highest BCUT2D eigenvalue weighted by Gasteiger charge is 2.05. The van der Waals surface area contributed by atoms with E-state index in [1.165, 1.54) is 0 Å². The SMILES string of the molecule is [CH]c1c(CCC)noc1C. The van der Waals surface area contributed by atoms with E-state index >= 15 is 0 Å². The summed E-state index contributed by atoms with van der Waals surface area (Å²) in [6, 6.07) is 0. The van der Waals surface area contributed by atoms with Gasteiger partial charge in [0.2, 0.25) is 0 Å². The van der Waals surface area contributed by atoms with Crippen molar-refractivity contribution < 1.29 is 4.52 Å². The Bertz CT molecular complexity index is 215. The van der Waals surface area contributed by atoms with Crippen LogP contribution in [0.15, 0.2) is 4.52 Å². The van der Waals surface area contributed by atoms with Gasteiger partial charge in [-0.2, -0.15) is 0 Å². The van der Waals surface area contributed by atoms with Gasteiger partial charge in [-0.1, -0.05) is 18.5 Å². The molecule has 0 aliphatic rings. The van der Waals surface area contributed by atoms with Crippen molar-refractivity contribution in [2.45, 2.75) is 26.7 Å². The Morgan fingerprint density at radius 3 is 2.70 bits per heavy atom. The van der Waals surface area contributed by atoms with E-state index in [0.29, 0.717) is 5.56 Å². The fourth-order valence-corrected chi connectivity index (χ4v) is 0.842. The van der Waals surface area contributed by atoms with Crippen LogP contribution in [0.3, 0.4) is 0 Å². The lowest BCUT2D eigenvalue weighted by molar-refractivity contribution is 0.390.